The number of oxazole rings is 1. The summed E-state index contributed by atoms with van der Waals surface area (Å²) in [6.45, 7) is 0. The minimum Gasteiger partial charge on any atom is -0.456 e. The van der Waals surface area contributed by atoms with Crippen molar-refractivity contribution >= 4 is 93.6 Å². The second-order valence-corrected chi connectivity index (χ2v) is 14.3. The van der Waals surface area contributed by atoms with Crippen molar-refractivity contribution in [2.24, 2.45) is 0 Å². The number of aromatic nitrogens is 1. The van der Waals surface area contributed by atoms with E-state index in [1.54, 1.807) is 0 Å². The molecule has 56 heavy (non-hydrogen) atoms. The Hall–Kier alpha value is -7.63. The van der Waals surface area contributed by atoms with Gasteiger partial charge in [0.2, 0.25) is 5.89 Å². The van der Waals surface area contributed by atoms with Crippen LogP contribution in [0.5, 0.6) is 0 Å². The van der Waals surface area contributed by atoms with Crippen molar-refractivity contribution in [3.8, 4) is 22.6 Å². The third kappa shape index (κ3) is 4.78. The Morgan fingerprint density at radius 2 is 0.929 bits per heavy atom. The van der Waals surface area contributed by atoms with Gasteiger partial charge in [-0.05, 0) is 112 Å². The number of furan rings is 2. The van der Waals surface area contributed by atoms with Crippen LogP contribution < -0.4 is 4.90 Å². The Morgan fingerprint density at radius 3 is 1.73 bits per heavy atom. The first-order chi connectivity index (χ1) is 27.7. The van der Waals surface area contributed by atoms with E-state index in [-0.39, 0.29) is 0 Å². The number of fused-ring (bicyclic) bond motifs is 11. The summed E-state index contributed by atoms with van der Waals surface area (Å²) in [6.07, 6.45) is 0. The molecule has 0 bridgehead atoms. The number of rotatable bonds is 5. The molecule has 12 aromatic rings. The highest BCUT2D eigenvalue weighted by Gasteiger charge is 2.19. The molecule has 0 N–H and O–H groups in total. The van der Waals surface area contributed by atoms with E-state index in [0.717, 1.165) is 110 Å². The first-order valence-electron chi connectivity index (χ1n) is 18.8. The minimum absolute atomic E-state index is 0.613. The van der Waals surface area contributed by atoms with E-state index in [4.69, 9.17) is 18.2 Å². The number of benzene rings is 9. The molecule has 0 aliphatic carbocycles. The average molecular weight is 719 g/mol. The molecule has 5 heteroatoms. The second kappa shape index (κ2) is 11.9. The second-order valence-electron chi connectivity index (χ2n) is 14.3. The topological polar surface area (TPSA) is 55.6 Å². The van der Waals surface area contributed by atoms with Gasteiger partial charge in [-0.25, -0.2) is 4.98 Å². The van der Waals surface area contributed by atoms with Gasteiger partial charge in [-0.15, -0.1) is 0 Å². The molecule has 12 rings (SSSR count). The van der Waals surface area contributed by atoms with Crippen LogP contribution in [-0.2, 0) is 0 Å². The van der Waals surface area contributed by atoms with Gasteiger partial charge in [0.1, 0.15) is 27.8 Å². The zero-order valence-corrected chi connectivity index (χ0v) is 29.9. The molecule has 5 nitrogen and oxygen atoms in total. The van der Waals surface area contributed by atoms with E-state index in [2.05, 4.69) is 132 Å². The summed E-state index contributed by atoms with van der Waals surface area (Å²) >= 11 is 0. The predicted molar refractivity (Wildman–Crippen MR) is 229 cm³/mol. The maximum Gasteiger partial charge on any atom is 0.227 e. The van der Waals surface area contributed by atoms with E-state index in [1.807, 2.05) is 54.6 Å². The standard InChI is InChI=1S/C51H30N2O3/c1-2-9-33(10-3-1)51-52-44-24-20-32-18-17-31-19-22-37(29-41(31)49(32)50(44)56-51)53(38-23-26-48-43(30-38)40-14-5-7-16-46(40)55-48)36-12-8-11-34(27-36)35-21-25-47-42(28-35)39-13-4-6-15-45(39)54-47/h1-30H. The normalized spacial score (nSPS) is 11.9. The zero-order chi connectivity index (χ0) is 36.7. The fraction of sp³-hybridized carbons (Fsp3) is 0. The molecule has 9 aromatic carbocycles. The predicted octanol–water partition coefficient (Wildman–Crippen LogP) is 14.7. The number of nitrogens with zero attached hydrogens (tertiary/aromatic N) is 2. The van der Waals surface area contributed by atoms with E-state index in [9.17, 15) is 0 Å². The van der Waals surface area contributed by atoms with E-state index in [0.29, 0.717) is 5.89 Å². The molecule has 0 aliphatic heterocycles. The summed E-state index contributed by atoms with van der Waals surface area (Å²) in [6, 6.07) is 63.5. The lowest BCUT2D eigenvalue weighted by molar-refractivity contribution is 0.623. The fourth-order valence-corrected chi connectivity index (χ4v) is 8.38. The van der Waals surface area contributed by atoms with Gasteiger partial charge in [0.15, 0.2) is 5.58 Å². The number of hydrogen-bond acceptors (Lipinski definition) is 5. The van der Waals surface area contributed by atoms with Crippen molar-refractivity contribution in [3.05, 3.63) is 182 Å². The highest BCUT2D eigenvalue weighted by molar-refractivity contribution is 6.19. The van der Waals surface area contributed by atoms with Crippen LogP contribution in [0.25, 0.3) is 99.1 Å². The van der Waals surface area contributed by atoms with Crippen molar-refractivity contribution < 1.29 is 13.3 Å². The highest BCUT2D eigenvalue weighted by atomic mass is 16.3. The molecule has 3 aromatic heterocycles. The largest absolute Gasteiger partial charge is 0.456 e. The summed E-state index contributed by atoms with van der Waals surface area (Å²) in [5.74, 6) is 0.613. The van der Waals surface area contributed by atoms with E-state index >= 15 is 0 Å². The molecule has 0 saturated heterocycles. The van der Waals surface area contributed by atoms with Gasteiger partial charge in [-0.1, -0.05) is 97.1 Å². The van der Waals surface area contributed by atoms with Crippen LogP contribution in [0.2, 0.25) is 0 Å². The molecule has 0 aliphatic rings. The van der Waals surface area contributed by atoms with E-state index < -0.39 is 0 Å². The van der Waals surface area contributed by atoms with Crippen molar-refractivity contribution in [1.82, 2.24) is 4.98 Å². The average Bonchev–Trinajstić information content (AvgIpc) is 3.97. The quantitative estimate of drug-likeness (QED) is 0.166. The van der Waals surface area contributed by atoms with Crippen LogP contribution in [0.1, 0.15) is 0 Å². The van der Waals surface area contributed by atoms with Crippen molar-refractivity contribution in [2.75, 3.05) is 4.90 Å². The van der Waals surface area contributed by atoms with Crippen LogP contribution in [0.3, 0.4) is 0 Å². The Morgan fingerprint density at radius 1 is 0.357 bits per heavy atom. The minimum atomic E-state index is 0.613. The summed E-state index contributed by atoms with van der Waals surface area (Å²) in [5, 5.41) is 8.73. The molecule has 0 unspecified atom stereocenters. The van der Waals surface area contributed by atoms with Gasteiger partial charge in [-0.3, -0.25) is 0 Å². The van der Waals surface area contributed by atoms with Crippen LogP contribution >= 0.6 is 0 Å². The highest BCUT2D eigenvalue weighted by Crippen LogP contribution is 2.43. The number of anilines is 3. The Labute approximate surface area is 320 Å². The van der Waals surface area contributed by atoms with Crippen LogP contribution in [0.4, 0.5) is 17.1 Å². The molecule has 0 amide bonds. The number of hydrogen-bond donors (Lipinski definition) is 0. The third-order valence-electron chi connectivity index (χ3n) is 11.1. The molecular formula is C51H30N2O3. The Kier molecular flexibility index (Phi) is 6.56. The molecule has 3 heterocycles. The van der Waals surface area contributed by atoms with Gasteiger partial charge in [0, 0.05) is 49.6 Å². The zero-order valence-electron chi connectivity index (χ0n) is 29.9. The molecule has 0 saturated carbocycles. The summed E-state index contributed by atoms with van der Waals surface area (Å²) < 4.78 is 19.0. The van der Waals surface area contributed by atoms with Crippen molar-refractivity contribution in [2.45, 2.75) is 0 Å². The van der Waals surface area contributed by atoms with Gasteiger partial charge in [0.05, 0.1) is 0 Å². The smallest absolute Gasteiger partial charge is 0.227 e. The molecule has 0 atom stereocenters. The SMILES string of the molecule is c1ccc(-c2nc3ccc4ccc5ccc(N(c6cccc(-c7ccc8oc9ccccc9c8c7)c6)c6ccc7oc8ccccc8c7c6)cc5c4c3o2)cc1. The van der Waals surface area contributed by atoms with Crippen molar-refractivity contribution in [3.63, 3.8) is 0 Å². The lowest BCUT2D eigenvalue weighted by Gasteiger charge is -2.26. The Bertz CT molecular complexity index is 3500. The number of para-hydroxylation sites is 2. The monoisotopic (exact) mass is 718 g/mol. The van der Waals surface area contributed by atoms with Crippen LogP contribution in [0.15, 0.2) is 195 Å². The van der Waals surface area contributed by atoms with Crippen LogP contribution in [-0.4, -0.2) is 4.98 Å². The van der Waals surface area contributed by atoms with Gasteiger partial charge in [-0.2, -0.15) is 0 Å². The summed E-state index contributed by atoms with van der Waals surface area (Å²) in [4.78, 5) is 7.26. The molecule has 0 radical (unpaired) electrons. The van der Waals surface area contributed by atoms with Crippen LogP contribution in [0, 0.1) is 0 Å². The first-order valence-corrected chi connectivity index (χ1v) is 18.8. The lowest BCUT2D eigenvalue weighted by atomic mass is 9.99. The maximum atomic E-state index is 6.60. The molecule has 0 fully saturated rings. The molecule has 262 valence electrons. The summed E-state index contributed by atoms with van der Waals surface area (Å²) in [7, 11) is 0. The lowest BCUT2D eigenvalue weighted by Crippen LogP contribution is -2.10. The fourth-order valence-electron chi connectivity index (χ4n) is 8.38. The third-order valence-corrected chi connectivity index (χ3v) is 11.1. The van der Waals surface area contributed by atoms with Gasteiger partial charge >= 0.3 is 0 Å². The van der Waals surface area contributed by atoms with Crippen molar-refractivity contribution in [1.29, 1.82) is 0 Å². The molecular weight excluding hydrogens is 689 g/mol. The molecule has 0 spiro atoms. The maximum absolute atomic E-state index is 6.60. The van der Waals surface area contributed by atoms with E-state index in [1.165, 1.54) is 0 Å². The Balaban J connectivity index is 1.08. The summed E-state index contributed by atoms with van der Waals surface area (Å²) in [5.41, 5.74) is 11.4. The van der Waals surface area contributed by atoms with Gasteiger partial charge < -0.3 is 18.2 Å². The van der Waals surface area contributed by atoms with Gasteiger partial charge in [0.25, 0.3) is 0 Å². The first kappa shape index (κ1) is 30.8.